The number of aryl methyl sites for hydroxylation is 2. The minimum atomic E-state index is -4.15. The average Bonchev–Trinajstić information content (AvgIpc) is 2.75. The number of rotatable bonds is 4. The van der Waals surface area contributed by atoms with E-state index in [4.69, 9.17) is 0 Å². The van der Waals surface area contributed by atoms with Gasteiger partial charge in [-0.1, -0.05) is 25.1 Å². The summed E-state index contributed by atoms with van der Waals surface area (Å²) in [6.45, 7) is 5.01. The number of hydrogen-bond donors (Lipinski definition) is 2. The molecule has 0 bridgehead atoms. The van der Waals surface area contributed by atoms with Crippen LogP contribution in [0.1, 0.15) is 29.4 Å². The van der Waals surface area contributed by atoms with Crippen LogP contribution in [0.2, 0.25) is 0 Å². The Kier molecular flexibility index (Phi) is 5.36. The van der Waals surface area contributed by atoms with E-state index in [1.165, 1.54) is 6.07 Å². The van der Waals surface area contributed by atoms with Gasteiger partial charge in [-0.05, 0) is 47.6 Å². The fourth-order valence-electron chi connectivity index (χ4n) is 3.19. The Labute approximate surface area is 165 Å². The topological polar surface area (TPSA) is 147 Å². The number of nitrogens with zero attached hydrogens (tertiary/aromatic N) is 2. The first-order valence-corrected chi connectivity index (χ1v) is 11.7. The van der Waals surface area contributed by atoms with Gasteiger partial charge in [-0.15, -0.1) is 0 Å². The molecule has 11 heteroatoms. The number of carbonyl (C=O) groups is 1. The molecule has 0 aliphatic carbocycles. The van der Waals surface area contributed by atoms with Gasteiger partial charge < -0.3 is 19.7 Å². The summed E-state index contributed by atoms with van der Waals surface area (Å²) >= 11 is 0. The van der Waals surface area contributed by atoms with Crippen molar-refractivity contribution in [2.24, 2.45) is 0 Å². The standard InChI is InChI=1S/C17H22N4O5S2/c1-10-7-11(2)19-16(18-10)20-17(22)21-27(23,24)9-14-6-4-5-13-8-12(3)28(25,26)15(13)14/h4-7,12,25-26H,8-9H2,1-3H3,(H2,18,19,20,21,22)/p-2. The third-order valence-electron chi connectivity index (χ3n) is 4.30. The maximum Gasteiger partial charge on any atom is 0.335 e. The van der Waals surface area contributed by atoms with E-state index in [0.29, 0.717) is 23.4 Å². The Morgan fingerprint density at radius 2 is 1.89 bits per heavy atom. The first-order chi connectivity index (χ1) is 13.0. The van der Waals surface area contributed by atoms with Crippen molar-refractivity contribution in [1.82, 2.24) is 14.7 Å². The molecule has 1 aliphatic rings. The maximum absolute atomic E-state index is 12.5. The number of urea groups is 1. The smallest absolute Gasteiger partial charge is 0.335 e. The maximum atomic E-state index is 12.5. The number of sulfonamides is 1. The van der Waals surface area contributed by atoms with Gasteiger partial charge in [-0.2, -0.15) is 0 Å². The van der Waals surface area contributed by atoms with Crippen molar-refractivity contribution < 1.29 is 22.3 Å². The molecule has 2 amide bonds. The minimum absolute atomic E-state index is 0.0257. The summed E-state index contributed by atoms with van der Waals surface area (Å²) in [4.78, 5) is 20.1. The lowest BCUT2D eigenvalue weighted by Crippen LogP contribution is -2.36. The highest BCUT2D eigenvalue weighted by Crippen LogP contribution is 2.60. The van der Waals surface area contributed by atoms with Gasteiger partial charge >= 0.3 is 6.03 Å². The van der Waals surface area contributed by atoms with Gasteiger partial charge in [0.25, 0.3) is 0 Å². The fraction of sp³-hybridized carbons (Fsp3) is 0.353. The predicted molar refractivity (Wildman–Crippen MR) is 103 cm³/mol. The van der Waals surface area contributed by atoms with Crippen LogP contribution in [0.4, 0.5) is 10.7 Å². The van der Waals surface area contributed by atoms with Gasteiger partial charge in [0.2, 0.25) is 16.0 Å². The Morgan fingerprint density at radius 3 is 2.54 bits per heavy atom. The average molecular weight is 425 g/mol. The van der Waals surface area contributed by atoms with Gasteiger partial charge in [-0.25, -0.2) is 27.9 Å². The third-order valence-corrected chi connectivity index (χ3v) is 7.81. The number of carbonyl (C=O) groups excluding carboxylic acids is 1. The quantitative estimate of drug-likeness (QED) is 0.764. The van der Waals surface area contributed by atoms with Gasteiger partial charge in [0.05, 0.1) is 5.75 Å². The van der Waals surface area contributed by atoms with Gasteiger partial charge in [0.15, 0.2) is 0 Å². The van der Waals surface area contributed by atoms with E-state index in [9.17, 15) is 22.3 Å². The summed E-state index contributed by atoms with van der Waals surface area (Å²) in [5.41, 5.74) is 1.97. The lowest BCUT2D eigenvalue weighted by Gasteiger charge is -2.61. The van der Waals surface area contributed by atoms with Crippen LogP contribution in [-0.4, -0.2) is 38.8 Å². The summed E-state index contributed by atoms with van der Waals surface area (Å²) in [6, 6.07) is 5.41. The highest BCUT2D eigenvalue weighted by molar-refractivity contribution is 8.25. The second-order valence-corrected chi connectivity index (χ2v) is 10.8. The second-order valence-electron chi connectivity index (χ2n) is 6.75. The van der Waals surface area contributed by atoms with Crippen molar-refractivity contribution in [3.05, 3.63) is 46.8 Å². The van der Waals surface area contributed by atoms with E-state index in [1.807, 2.05) is 4.72 Å². The van der Waals surface area contributed by atoms with Crippen molar-refractivity contribution in [3.63, 3.8) is 0 Å². The summed E-state index contributed by atoms with van der Waals surface area (Å²) < 4.78 is 51.7. The second kappa shape index (κ2) is 7.32. The molecule has 1 aromatic heterocycles. The molecular weight excluding hydrogens is 404 g/mol. The Balaban J connectivity index is 1.77. The van der Waals surface area contributed by atoms with Crippen molar-refractivity contribution in [2.45, 2.75) is 43.1 Å². The zero-order chi connectivity index (χ0) is 20.7. The molecule has 28 heavy (non-hydrogen) atoms. The SMILES string of the molecule is Cc1cc(C)nc(NC(=O)NS(=O)(=O)Cc2cccc3c2S([O-])([O-])C(C)C3)n1. The predicted octanol–water partition coefficient (Wildman–Crippen LogP) is 2.11. The molecule has 1 aliphatic heterocycles. The summed E-state index contributed by atoms with van der Waals surface area (Å²) in [7, 11) is -7.73. The van der Waals surface area contributed by atoms with Crippen LogP contribution >= 0.6 is 10.6 Å². The molecule has 152 valence electrons. The number of sulfone groups is 1. The zero-order valence-electron chi connectivity index (χ0n) is 15.6. The summed E-state index contributed by atoms with van der Waals surface area (Å²) in [6.07, 6.45) is 0.337. The first kappa shape index (κ1) is 20.5. The molecule has 0 spiro atoms. The van der Waals surface area contributed by atoms with Crippen molar-refractivity contribution in [2.75, 3.05) is 5.32 Å². The van der Waals surface area contributed by atoms with Crippen LogP contribution in [0, 0.1) is 13.8 Å². The first-order valence-electron chi connectivity index (χ1n) is 8.46. The van der Waals surface area contributed by atoms with Crippen LogP contribution in [-0.2, 0) is 22.2 Å². The molecule has 3 rings (SSSR count). The molecule has 1 unspecified atom stereocenters. The molecule has 2 aromatic rings. The lowest BCUT2D eigenvalue weighted by molar-refractivity contribution is 0.256. The summed E-state index contributed by atoms with van der Waals surface area (Å²) in [5, 5.41) is 1.66. The van der Waals surface area contributed by atoms with Crippen molar-refractivity contribution in [1.29, 1.82) is 0 Å². The fourth-order valence-corrected chi connectivity index (χ4v) is 6.16. The van der Waals surface area contributed by atoms with Crippen molar-refractivity contribution >= 4 is 32.6 Å². The molecule has 0 radical (unpaired) electrons. The van der Waals surface area contributed by atoms with E-state index in [-0.39, 0.29) is 16.4 Å². The molecule has 2 heterocycles. The van der Waals surface area contributed by atoms with Crippen LogP contribution in [0.25, 0.3) is 0 Å². The highest BCUT2D eigenvalue weighted by Gasteiger charge is 2.27. The number of benzene rings is 1. The van der Waals surface area contributed by atoms with Crippen LogP contribution < -0.4 is 10.0 Å². The van der Waals surface area contributed by atoms with Gasteiger partial charge in [0.1, 0.15) is 0 Å². The number of hydrogen-bond acceptors (Lipinski definition) is 7. The molecule has 1 aromatic carbocycles. The van der Waals surface area contributed by atoms with Gasteiger partial charge in [0, 0.05) is 11.4 Å². The molecule has 1 atom stereocenters. The molecule has 0 fully saturated rings. The Bertz CT molecular complexity index is 1020. The zero-order valence-corrected chi connectivity index (χ0v) is 17.2. The van der Waals surface area contributed by atoms with E-state index in [2.05, 4.69) is 15.3 Å². The Hall–Kier alpha value is -2.21. The number of anilines is 1. The number of aromatic nitrogens is 2. The largest absolute Gasteiger partial charge is 0.796 e. The summed E-state index contributed by atoms with van der Waals surface area (Å²) in [5.74, 6) is -0.661. The van der Waals surface area contributed by atoms with Crippen molar-refractivity contribution in [3.8, 4) is 0 Å². The van der Waals surface area contributed by atoms with E-state index >= 15 is 0 Å². The third kappa shape index (κ3) is 4.27. The van der Waals surface area contributed by atoms with Gasteiger partial charge in [-0.3, -0.25) is 5.32 Å². The monoisotopic (exact) mass is 424 g/mol. The van der Waals surface area contributed by atoms with E-state index in [0.717, 1.165) is 0 Å². The highest BCUT2D eigenvalue weighted by atomic mass is 32.3. The number of nitrogens with one attached hydrogen (secondary N) is 2. The number of fused-ring (bicyclic) bond motifs is 1. The normalized spacial score (nSPS) is 19.0. The van der Waals surface area contributed by atoms with E-state index in [1.54, 1.807) is 39.0 Å². The van der Waals surface area contributed by atoms with Crippen LogP contribution in [0.3, 0.4) is 0 Å². The van der Waals surface area contributed by atoms with E-state index < -0.39 is 37.6 Å². The molecule has 0 saturated carbocycles. The molecular formula is C17H20N4O5S2-2. The molecule has 9 nitrogen and oxygen atoms in total. The Morgan fingerprint density at radius 1 is 1.25 bits per heavy atom. The number of amides is 2. The minimum Gasteiger partial charge on any atom is -0.796 e. The molecule has 0 saturated heterocycles. The lowest BCUT2D eigenvalue weighted by atomic mass is 10.1. The molecule has 2 N–H and O–H groups in total. The van der Waals surface area contributed by atoms with Crippen LogP contribution in [0.15, 0.2) is 29.2 Å². The van der Waals surface area contributed by atoms with Crippen LogP contribution in [0.5, 0.6) is 0 Å².